The van der Waals surface area contributed by atoms with E-state index in [-0.39, 0.29) is 22.5 Å². The van der Waals surface area contributed by atoms with Gasteiger partial charge in [0.2, 0.25) is 0 Å². The number of pyridine rings is 1. The van der Waals surface area contributed by atoms with E-state index in [4.69, 9.17) is 24.8 Å². The first-order valence-corrected chi connectivity index (χ1v) is 15.5. The summed E-state index contributed by atoms with van der Waals surface area (Å²) >= 11 is 0. The van der Waals surface area contributed by atoms with E-state index in [1.54, 1.807) is 0 Å². The number of phosphoric ester groups is 2. The predicted octanol–water partition coefficient (Wildman–Crippen LogP) is -2.42. The van der Waals surface area contributed by atoms with Crippen molar-refractivity contribution in [1.82, 2.24) is 19.5 Å². The summed E-state index contributed by atoms with van der Waals surface area (Å²) in [6, 6.07) is 2.63. The smallest absolute Gasteiger partial charge is 0.477 e. The summed E-state index contributed by atoms with van der Waals surface area (Å²) in [5.74, 6) is -1.22. The molecule has 0 bridgehead atoms. The van der Waals surface area contributed by atoms with Crippen LogP contribution in [0.4, 0.5) is 5.82 Å². The molecule has 0 aromatic carbocycles. The average molecular weight is 665 g/mol. The van der Waals surface area contributed by atoms with Crippen molar-refractivity contribution >= 4 is 38.6 Å². The quantitative estimate of drug-likeness (QED) is 0.0780. The molecule has 44 heavy (non-hydrogen) atoms. The highest BCUT2D eigenvalue weighted by Crippen LogP contribution is 2.60. The fraction of sp³-hybridized carbons (Fsp3) is 0.476. The van der Waals surface area contributed by atoms with Crippen LogP contribution in [-0.4, -0.2) is 111 Å². The van der Waals surface area contributed by atoms with Crippen LogP contribution in [0.25, 0.3) is 11.2 Å². The van der Waals surface area contributed by atoms with E-state index in [1.807, 2.05) is 0 Å². The molecule has 3 aromatic rings. The number of hydrogen-bond acceptors (Lipinski definition) is 16. The highest BCUT2D eigenvalue weighted by molar-refractivity contribution is 7.61. The number of nitrogens with two attached hydrogens (primary N) is 1. The fourth-order valence-corrected chi connectivity index (χ4v) is 6.65. The largest absolute Gasteiger partial charge is 0.481 e. The maximum absolute atomic E-state index is 12.4. The summed E-state index contributed by atoms with van der Waals surface area (Å²) in [6.07, 6.45) is -7.22. The number of ether oxygens (including phenoxy) is 2. The first kappa shape index (κ1) is 32.4. The summed E-state index contributed by atoms with van der Waals surface area (Å²) in [4.78, 5) is 43.1. The summed E-state index contributed by atoms with van der Waals surface area (Å²) in [5, 5.41) is 50.7. The molecule has 0 radical (unpaired) electrons. The fourth-order valence-electron chi connectivity index (χ4n) is 4.56. The van der Waals surface area contributed by atoms with E-state index in [1.165, 1.54) is 29.2 Å². The van der Waals surface area contributed by atoms with Crippen LogP contribution in [0.5, 0.6) is 0 Å². The van der Waals surface area contributed by atoms with Crippen LogP contribution in [0.15, 0.2) is 37.2 Å². The molecule has 240 valence electrons. The Morgan fingerprint density at radius 2 is 1.61 bits per heavy atom. The molecular formula is C21H27N6O15P2+. The van der Waals surface area contributed by atoms with Crippen LogP contribution in [0.2, 0.25) is 0 Å². The first-order chi connectivity index (χ1) is 20.7. The van der Waals surface area contributed by atoms with E-state index >= 15 is 0 Å². The molecule has 0 amide bonds. The van der Waals surface area contributed by atoms with Gasteiger partial charge < -0.3 is 50.5 Å². The number of aromatic carboxylic acids is 1. The number of carbonyl (C=O) groups is 1. The first-order valence-electron chi connectivity index (χ1n) is 12.5. The molecule has 2 saturated heterocycles. The molecule has 23 heteroatoms. The SMILES string of the molecule is Nc1ncnc2c1ncn2[C@@H]1O[C@H](COP(=O)(O)OP(=O)(O)OC[C@@H]2O[C@H]([n+]3cccc(C(=O)O)c3)[C@@H](O)[C@H]2O)[C@@H](O)[C@H]1O. The minimum atomic E-state index is -5.38. The summed E-state index contributed by atoms with van der Waals surface area (Å²) in [6.45, 7) is -1.83. The van der Waals surface area contributed by atoms with Crippen molar-refractivity contribution in [2.45, 2.75) is 49.1 Å². The Balaban J connectivity index is 1.16. The standard InChI is InChI=1S/C21H26N6O15P2/c22-17-12-18(24-7-23-17)27(8-25-12)20-16(31)14(29)11(41-20)6-39-44(36,37)42-43(34,35)38-5-10-13(28)15(30)19(40-10)26-3-1-2-9(4-26)21(32)33/h1-4,7-8,10-11,13-16,19-20,28-31H,5-6H2,(H4-,22,23,24,32,33,34,35,36,37)/p+1/t10-,11+,13-,14+,15-,16+,19-,20+/m0/s1. The maximum atomic E-state index is 12.4. The molecule has 0 aliphatic carbocycles. The second-order valence-corrected chi connectivity index (χ2v) is 12.7. The van der Waals surface area contributed by atoms with Crippen LogP contribution in [0.1, 0.15) is 22.8 Å². The topological polar surface area (TPSA) is 312 Å². The molecule has 2 aliphatic heterocycles. The Morgan fingerprint density at radius 1 is 0.977 bits per heavy atom. The lowest BCUT2D eigenvalue weighted by Gasteiger charge is -2.20. The molecule has 5 heterocycles. The van der Waals surface area contributed by atoms with E-state index in [2.05, 4.69) is 23.8 Å². The van der Waals surface area contributed by atoms with Gasteiger partial charge in [0.15, 0.2) is 36.2 Å². The van der Waals surface area contributed by atoms with Crippen molar-refractivity contribution in [3.05, 3.63) is 42.7 Å². The van der Waals surface area contributed by atoms with Crippen LogP contribution < -0.4 is 10.3 Å². The number of hydrogen-bond donors (Lipinski definition) is 8. The normalized spacial score (nSPS) is 31.6. The van der Waals surface area contributed by atoms with E-state index in [0.717, 1.165) is 17.1 Å². The molecule has 2 fully saturated rings. The number of nitrogen functional groups attached to an aromatic ring is 1. The lowest BCUT2D eigenvalue weighted by Crippen LogP contribution is -2.46. The van der Waals surface area contributed by atoms with Gasteiger partial charge in [-0.1, -0.05) is 0 Å². The number of anilines is 1. The molecule has 21 nitrogen and oxygen atoms in total. The molecule has 0 saturated carbocycles. The van der Waals surface area contributed by atoms with Crippen LogP contribution >= 0.6 is 15.6 Å². The van der Waals surface area contributed by atoms with Gasteiger partial charge in [-0.15, -0.1) is 0 Å². The Hall–Kier alpha value is -3.01. The van der Waals surface area contributed by atoms with Gasteiger partial charge in [-0.3, -0.25) is 13.6 Å². The molecule has 5 rings (SSSR count). The number of aromatic nitrogens is 5. The van der Waals surface area contributed by atoms with Crippen molar-refractivity contribution in [1.29, 1.82) is 0 Å². The Kier molecular flexibility index (Phi) is 9.13. The molecule has 9 N–H and O–H groups in total. The predicted molar refractivity (Wildman–Crippen MR) is 138 cm³/mol. The third-order valence-electron chi connectivity index (χ3n) is 6.71. The van der Waals surface area contributed by atoms with Crippen molar-refractivity contribution in [3.8, 4) is 0 Å². The van der Waals surface area contributed by atoms with E-state index in [0.29, 0.717) is 0 Å². The molecule has 2 aliphatic rings. The van der Waals surface area contributed by atoms with Gasteiger partial charge in [-0.2, -0.15) is 8.88 Å². The Labute approximate surface area is 245 Å². The Bertz CT molecular complexity index is 1630. The van der Waals surface area contributed by atoms with Gasteiger partial charge in [0.1, 0.15) is 47.9 Å². The van der Waals surface area contributed by atoms with Crippen LogP contribution in [0, 0.1) is 0 Å². The third-order valence-corrected chi connectivity index (χ3v) is 9.31. The van der Waals surface area contributed by atoms with Gasteiger partial charge >= 0.3 is 21.6 Å². The number of imidazole rings is 1. The van der Waals surface area contributed by atoms with Crippen LogP contribution in [0.3, 0.4) is 0 Å². The molecule has 0 spiro atoms. The highest BCUT2D eigenvalue weighted by Gasteiger charge is 2.50. The number of nitrogens with zero attached hydrogens (tertiary/aromatic N) is 5. The molecule has 3 aromatic heterocycles. The maximum Gasteiger partial charge on any atom is 0.481 e. The number of rotatable bonds is 11. The molecule has 2 unspecified atom stereocenters. The highest BCUT2D eigenvalue weighted by atomic mass is 31.3. The van der Waals surface area contributed by atoms with Crippen molar-refractivity contribution < 1.29 is 76.6 Å². The van der Waals surface area contributed by atoms with Crippen molar-refractivity contribution in [3.63, 3.8) is 0 Å². The second kappa shape index (κ2) is 12.4. The number of carboxylic acid groups (broad SMARTS) is 1. The van der Waals surface area contributed by atoms with E-state index in [9.17, 15) is 44.1 Å². The average Bonchev–Trinajstić information content (AvgIpc) is 3.61. The summed E-state index contributed by atoms with van der Waals surface area (Å²) < 4.78 is 51.8. The molecular weight excluding hydrogens is 638 g/mol. The molecule has 10 atom stereocenters. The second-order valence-electron chi connectivity index (χ2n) is 9.63. The lowest BCUT2D eigenvalue weighted by atomic mass is 10.1. The number of phosphoric acid groups is 2. The number of carboxylic acids is 1. The zero-order valence-electron chi connectivity index (χ0n) is 22.1. The zero-order chi connectivity index (χ0) is 32.0. The van der Waals surface area contributed by atoms with Gasteiger partial charge in [-0.25, -0.2) is 28.9 Å². The summed E-state index contributed by atoms with van der Waals surface area (Å²) in [5.41, 5.74) is 5.94. The van der Waals surface area contributed by atoms with E-state index < -0.39 is 83.9 Å². The Morgan fingerprint density at radius 3 is 2.27 bits per heavy atom. The number of aliphatic hydroxyl groups is 4. The minimum Gasteiger partial charge on any atom is -0.477 e. The number of aliphatic hydroxyl groups excluding tert-OH is 4. The van der Waals surface area contributed by atoms with Gasteiger partial charge in [0.05, 0.1) is 19.5 Å². The summed E-state index contributed by atoms with van der Waals surface area (Å²) in [7, 11) is -10.8. The lowest BCUT2D eigenvalue weighted by molar-refractivity contribution is -0.765. The van der Waals surface area contributed by atoms with Gasteiger partial charge in [0.25, 0.3) is 6.23 Å². The minimum absolute atomic E-state index is 0.0464. The van der Waals surface area contributed by atoms with Crippen molar-refractivity contribution in [2.24, 2.45) is 0 Å². The van der Waals surface area contributed by atoms with Gasteiger partial charge in [-0.05, 0) is 6.07 Å². The zero-order valence-corrected chi connectivity index (χ0v) is 23.9. The third kappa shape index (κ3) is 6.65. The monoisotopic (exact) mass is 665 g/mol. The van der Waals surface area contributed by atoms with Crippen molar-refractivity contribution in [2.75, 3.05) is 18.9 Å². The van der Waals surface area contributed by atoms with Crippen LogP contribution in [-0.2, 0) is 32.0 Å². The number of fused-ring (bicyclic) bond motifs is 1. The van der Waals surface area contributed by atoms with Gasteiger partial charge in [0, 0.05) is 6.07 Å².